The first-order valence-corrected chi connectivity index (χ1v) is 5.14. The van der Waals surface area contributed by atoms with Gasteiger partial charge in [0.1, 0.15) is 0 Å². The minimum absolute atomic E-state index is 0.273. The Kier molecular flexibility index (Phi) is 3.24. The Morgan fingerprint density at radius 3 is 2.57 bits per heavy atom. The largest absolute Gasteiger partial charge is 0.465 e. The zero-order valence-electron chi connectivity index (χ0n) is 8.03. The lowest BCUT2D eigenvalue weighted by Gasteiger charge is -2.08. The minimum atomic E-state index is -0.468. The van der Waals surface area contributed by atoms with E-state index in [1.54, 1.807) is 12.1 Å². The SMILES string of the molecule is COC(=O)c1cc(SC)cc(N)c1N. The maximum Gasteiger partial charge on any atom is 0.340 e. The first kappa shape index (κ1) is 10.7. The van der Waals surface area contributed by atoms with Crippen LogP contribution in [0.1, 0.15) is 10.4 Å². The number of rotatable bonds is 2. The summed E-state index contributed by atoms with van der Waals surface area (Å²) in [6.07, 6.45) is 1.89. The Bertz CT molecular complexity index is 366. The van der Waals surface area contributed by atoms with Crippen molar-refractivity contribution in [3.05, 3.63) is 17.7 Å². The van der Waals surface area contributed by atoms with Crippen LogP contribution in [0.5, 0.6) is 0 Å². The predicted molar refractivity (Wildman–Crippen MR) is 58.4 cm³/mol. The highest BCUT2D eigenvalue weighted by atomic mass is 32.2. The van der Waals surface area contributed by atoms with E-state index < -0.39 is 5.97 Å². The molecule has 0 amide bonds. The highest BCUT2D eigenvalue weighted by Gasteiger charge is 2.13. The van der Waals surface area contributed by atoms with Gasteiger partial charge in [0.05, 0.1) is 24.0 Å². The molecule has 1 aromatic carbocycles. The molecule has 1 aromatic rings. The predicted octanol–water partition coefficient (Wildman–Crippen LogP) is 1.36. The Labute approximate surface area is 86.6 Å². The number of carbonyl (C=O) groups excluding carboxylic acids is 1. The van der Waals surface area contributed by atoms with Crippen molar-refractivity contribution in [2.75, 3.05) is 24.8 Å². The number of anilines is 2. The highest BCUT2D eigenvalue weighted by molar-refractivity contribution is 7.98. The molecular formula is C9H12N2O2S. The van der Waals surface area contributed by atoms with Gasteiger partial charge in [-0.3, -0.25) is 0 Å². The molecule has 4 nitrogen and oxygen atoms in total. The average molecular weight is 212 g/mol. The van der Waals surface area contributed by atoms with E-state index >= 15 is 0 Å². The molecular weight excluding hydrogens is 200 g/mol. The van der Waals surface area contributed by atoms with Crippen LogP contribution in [0.25, 0.3) is 0 Å². The second-order valence-electron chi connectivity index (χ2n) is 2.67. The second-order valence-corrected chi connectivity index (χ2v) is 3.55. The fourth-order valence-electron chi connectivity index (χ4n) is 1.04. The van der Waals surface area contributed by atoms with E-state index in [4.69, 9.17) is 11.5 Å². The first-order chi connectivity index (χ1) is 6.60. The molecule has 5 heteroatoms. The summed E-state index contributed by atoms with van der Waals surface area (Å²) in [5.41, 5.74) is 12.3. The maximum absolute atomic E-state index is 11.3. The zero-order chi connectivity index (χ0) is 10.7. The number of esters is 1. The number of benzene rings is 1. The lowest BCUT2D eigenvalue weighted by molar-refractivity contribution is 0.0601. The molecule has 0 bridgehead atoms. The van der Waals surface area contributed by atoms with Gasteiger partial charge in [-0.15, -0.1) is 11.8 Å². The topological polar surface area (TPSA) is 78.3 Å². The van der Waals surface area contributed by atoms with Gasteiger partial charge in [-0.2, -0.15) is 0 Å². The van der Waals surface area contributed by atoms with Crippen molar-refractivity contribution in [2.45, 2.75) is 4.90 Å². The van der Waals surface area contributed by atoms with E-state index in [2.05, 4.69) is 4.74 Å². The van der Waals surface area contributed by atoms with Crippen LogP contribution < -0.4 is 11.5 Å². The van der Waals surface area contributed by atoms with E-state index in [-0.39, 0.29) is 5.69 Å². The number of carbonyl (C=O) groups is 1. The number of hydrogen-bond donors (Lipinski definition) is 2. The van der Waals surface area contributed by atoms with Crippen LogP contribution in [0.4, 0.5) is 11.4 Å². The third kappa shape index (κ3) is 1.93. The van der Waals surface area contributed by atoms with Crippen LogP contribution in [0.2, 0.25) is 0 Å². The molecule has 0 atom stereocenters. The smallest absolute Gasteiger partial charge is 0.340 e. The molecule has 0 aromatic heterocycles. The number of methoxy groups -OCH3 is 1. The molecule has 4 N–H and O–H groups in total. The van der Waals surface area contributed by atoms with Crippen LogP contribution in [0.3, 0.4) is 0 Å². The number of thioether (sulfide) groups is 1. The minimum Gasteiger partial charge on any atom is -0.465 e. The Balaban J connectivity index is 3.27. The van der Waals surface area contributed by atoms with Crippen LogP contribution >= 0.6 is 11.8 Å². The molecule has 0 aliphatic rings. The molecule has 0 spiro atoms. The van der Waals surface area contributed by atoms with Crippen molar-refractivity contribution in [1.29, 1.82) is 0 Å². The molecule has 0 aliphatic heterocycles. The molecule has 0 saturated carbocycles. The van der Waals surface area contributed by atoms with Gasteiger partial charge in [0.25, 0.3) is 0 Å². The van der Waals surface area contributed by atoms with Gasteiger partial charge < -0.3 is 16.2 Å². The highest BCUT2D eigenvalue weighted by Crippen LogP contribution is 2.27. The van der Waals surface area contributed by atoms with Gasteiger partial charge in [-0.1, -0.05) is 0 Å². The van der Waals surface area contributed by atoms with Crippen LogP contribution in [-0.4, -0.2) is 19.3 Å². The molecule has 14 heavy (non-hydrogen) atoms. The average Bonchev–Trinajstić information content (AvgIpc) is 2.20. The van der Waals surface area contributed by atoms with Crippen molar-refractivity contribution in [3.63, 3.8) is 0 Å². The summed E-state index contributed by atoms with van der Waals surface area (Å²) in [7, 11) is 1.31. The van der Waals surface area contributed by atoms with Gasteiger partial charge in [0.2, 0.25) is 0 Å². The van der Waals surface area contributed by atoms with Crippen molar-refractivity contribution in [3.8, 4) is 0 Å². The van der Waals surface area contributed by atoms with Gasteiger partial charge in [0, 0.05) is 4.90 Å². The summed E-state index contributed by atoms with van der Waals surface area (Å²) in [6, 6.07) is 3.40. The van der Waals surface area contributed by atoms with E-state index in [9.17, 15) is 4.79 Å². The van der Waals surface area contributed by atoms with Crippen LogP contribution in [-0.2, 0) is 4.74 Å². The van der Waals surface area contributed by atoms with Crippen molar-refractivity contribution in [2.24, 2.45) is 0 Å². The summed E-state index contributed by atoms with van der Waals surface area (Å²) in [4.78, 5) is 12.2. The normalized spacial score (nSPS) is 9.86. The summed E-state index contributed by atoms with van der Waals surface area (Å²) in [6.45, 7) is 0. The Morgan fingerprint density at radius 2 is 2.07 bits per heavy atom. The molecule has 0 radical (unpaired) electrons. The Hall–Kier alpha value is -1.36. The third-order valence-electron chi connectivity index (χ3n) is 1.83. The lowest BCUT2D eigenvalue weighted by atomic mass is 10.1. The van der Waals surface area contributed by atoms with Crippen molar-refractivity contribution in [1.82, 2.24) is 0 Å². The standard InChI is InChI=1S/C9H12N2O2S/c1-13-9(12)6-3-5(14-2)4-7(10)8(6)11/h3-4H,10-11H2,1-2H3. The van der Waals surface area contributed by atoms with Crippen LogP contribution in [0.15, 0.2) is 17.0 Å². The monoisotopic (exact) mass is 212 g/mol. The zero-order valence-corrected chi connectivity index (χ0v) is 8.85. The van der Waals surface area contributed by atoms with E-state index in [1.807, 2.05) is 6.26 Å². The summed E-state index contributed by atoms with van der Waals surface area (Å²) >= 11 is 1.49. The number of nitrogens with two attached hydrogens (primary N) is 2. The molecule has 0 heterocycles. The quantitative estimate of drug-likeness (QED) is 0.439. The number of ether oxygens (including phenoxy) is 1. The fourth-order valence-corrected chi connectivity index (χ4v) is 1.53. The van der Waals surface area contributed by atoms with Gasteiger partial charge in [-0.05, 0) is 18.4 Å². The number of hydrogen-bond acceptors (Lipinski definition) is 5. The number of nitrogen functional groups attached to an aromatic ring is 2. The Morgan fingerprint density at radius 1 is 1.43 bits per heavy atom. The summed E-state index contributed by atoms with van der Waals surface area (Å²) in [5, 5.41) is 0. The molecule has 0 aliphatic carbocycles. The van der Waals surface area contributed by atoms with E-state index in [0.717, 1.165) is 4.90 Å². The molecule has 1 rings (SSSR count). The van der Waals surface area contributed by atoms with Gasteiger partial charge >= 0.3 is 5.97 Å². The fraction of sp³-hybridized carbons (Fsp3) is 0.222. The lowest BCUT2D eigenvalue weighted by Crippen LogP contribution is -2.08. The molecule has 0 saturated heterocycles. The first-order valence-electron chi connectivity index (χ1n) is 3.91. The third-order valence-corrected chi connectivity index (χ3v) is 2.53. The van der Waals surface area contributed by atoms with Gasteiger partial charge in [0.15, 0.2) is 0 Å². The van der Waals surface area contributed by atoms with Crippen molar-refractivity contribution < 1.29 is 9.53 Å². The molecule has 0 fully saturated rings. The van der Waals surface area contributed by atoms with Crippen molar-refractivity contribution >= 4 is 29.1 Å². The van der Waals surface area contributed by atoms with Gasteiger partial charge in [-0.25, -0.2) is 4.79 Å². The summed E-state index contributed by atoms with van der Waals surface area (Å²) < 4.78 is 4.59. The molecule has 0 unspecified atom stereocenters. The van der Waals surface area contributed by atoms with E-state index in [0.29, 0.717) is 11.3 Å². The van der Waals surface area contributed by atoms with Crippen LogP contribution in [0, 0.1) is 0 Å². The molecule has 76 valence electrons. The van der Waals surface area contributed by atoms with E-state index in [1.165, 1.54) is 18.9 Å². The maximum atomic E-state index is 11.3. The second kappa shape index (κ2) is 4.23. The summed E-state index contributed by atoms with van der Waals surface area (Å²) in [5.74, 6) is -0.468.